The smallest absolute Gasteiger partial charge is 0.253 e. The standard InChI is InChI=1S/C23H25N3O2S/c1-16-10-12-26(13-11-16)23(27)20-5-3-4-19(15-20)18-6-8-21(9-7-18)29-25-22-14-17(2)28-24-22/h3-9,14-16H,10-13H2,1-2H3,(H,24,25). The molecule has 2 aromatic carbocycles. The monoisotopic (exact) mass is 407 g/mol. The molecule has 1 aliphatic heterocycles. The molecular formula is C23H25N3O2S. The molecule has 1 aromatic heterocycles. The first-order chi connectivity index (χ1) is 14.1. The van der Waals surface area contributed by atoms with Crippen LogP contribution < -0.4 is 4.72 Å². The zero-order valence-electron chi connectivity index (χ0n) is 16.7. The second-order valence-corrected chi connectivity index (χ2v) is 8.49. The van der Waals surface area contributed by atoms with Crippen molar-refractivity contribution in [2.45, 2.75) is 31.6 Å². The number of nitrogens with one attached hydrogen (secondary N) is 1. The quantitative estimate of drug-likeness (QED) is 0.555. The maximum Gasteiger partial charge on any atom is 0.253 e. The van der Waals surface area contributed by atoms with Crippen LogP contribution in [0.5, 0.6) is 0 Å². The molecule has 0 saturated carbocycles. The predicted octanol–water partition coefficient (Wildman–Crippen LogP) is 5.64. The molecule has 0 aliphatic carbocycles. The van der Waals surface area contributed by atoms with Crippen LogP contribution in [0.25, 0.3) is 11.1 Å². The number of piperidine rings is 1. The molecule has 0 radical (unpaired) electrons. The normalized spacial score (nSPS) is 14.8. The maximum atomic E-state index is 12.9. The number of rotatable bonds is 5. The number of likely N-dealkylation sites (tertiary alicyclic amines) is 1. The first kappa shape index (κ1) is 19.6. The van der Waals surface area contributed by atoms with Gasteiger partial charge in [0.25, 0.3) is 5.91 Å². The van der Waals surface area contributed by atoms with Crippen LogP contribution in [0.15, 0.2) is 64.0 Å². The number of benzene rings is 2. The molecule has 0 unspecified atom stereocenters. The van der Waals surface area contributed by atoms with Crippen LogP contribution >= 0.6 is 11.9 Å². The van der Waals surface area contributed by atoms with Gasteiger partial charge in [0.15, 0.2) is 5.82 Å². The van der Waals surface area contributed by atoms with Crippen LogP contribution in [-0.2, 0) is 0 Å². The fourth-order valence-electron chi connectivity index (χ4n) is 3.47. The summed E-state index contributed by atoms with van der Waals surface area (Å²) >= 11 is 1.48. The largest absolute Gasteiger partial charge is 0.360 e. The number of carbonyl (C=O) groups excluding carboxylic acids is 1. The van der Waals surface area contributed by atoms with Crippen molar-refractivity contribution in [3.63, 3.8) is 0 Å². The SMILES string of the molecule is Cc1cc(NSc2ccc(-c3cccc(C(=O)N4CCC(C)CC4)c3)cc2)no1. The second kappa shape index (κ2) is 8.74. The summed E-state index contributed by atoms with van der Waals surface area (Å²) in [5.74, 6) is 2.33. The Balaban J connectivity index is 1.43. The van der Waals surface area contributed by atoms with Gasteiger partial charge in [0.2, 0.25) is 0 Å². The van der Waals surface area contributed by atoms with Gasteiger partial charge in [-0.3, -0.25) is 4.79 Å². The lowest BCUT2D eigenvalue weighted by molar-refractivity contribution is 0.0697. The molecule has 6 heteroatoms. The maximum absolute atomic E-state index is 12.9. The molecular weight excluding hydrogens is 382 g/mol. The number of carbonyl (C=O) groups is 1. The van der Waals surface area contributed by atoms with Gasteiger partial charge in [-0.1, -0.05) is 36.3 Å². The van der Waals surface area contributed by atoms with Crippen LogP contribution in [0.2, 0.25) is 0 Å². The summed E-state index contributed by atoms with van der Waals surface area (Å²) in [5.41, 5.74) is 2.91. The molecule has 4 rings (SSSR count). The minimum absolute atomic E-state index is 0.137. The van der Waals surface area contributed by atoms with Crippen LogP contribution in [0.4, 0.5) is 5.82 Å². The molecule has 1 fully saturated rings. The van der Waals surface area contributed by atoms with Gasteiger partial charge in [-0.05, 0) is 73.0 Å². The Labute approximate surface area is 175 Å². The minimum Gasteiger partial charge on any atom is -0.360 e. The summed E-state index contributed by atoms with van der Waals surface area (Å²) in [6.45, 7) is 5.83. The molecule has 1 saturated heterocycles. The van der Waals surface area contributed by atoms with Crippen LogP contribution in [0.3, 0.4) is 0 Å². The summed E-state index contributed by atoms with van der Waals surface area (Å²) in [6, 6.07) is 18.0. The summed E-state index contributed by atoms with van der Waals surface area (Å²) < 4.78 is 8.22. The molecule has 1 aliphatic rings. The lowest BCUT2D eigenvalue weighted by atomic mass is 9.98. The van der Waals surface area contributed by atoms with Crippen LogP contribution in [0, 0.1) is 12.8 Å². The molecule has 1 amide bonds. The fraction of sp³-hybridized carbons (Fsp3) is 0.304. The Bertz CT molecular complexity index is 976. The third-order valence-corrected chi connectivity index (χ3v) is 6.09. The first-order valence-electron chi connectivity index (χ1n) is 9.94. The number of nitrogens with zero attached hydrogens (tertiary/aromatic N) is 2. The third kappa shape index (κ3) is 4.82. The van der Waals surface area contributed by atoms with E-state index in [2.05, 4.69) is 41.1 Å². The van der Waals surface area contributed by atoms with Crippen LogP contribution in [0.1, 0.15) is 35.9 Å². The average molecular weight is 408 g/mol. The van der Waals surface area contributed by atoms with E-state index in [9.17, 15) is 4.79 Å². The van der Waals surface area contributed by atoms with Gasteiger partial charge in [0.1, 0.15) is 5.76 Å². The first-order valence-corrected chi connectivity index (χ1v) is 10.8. The van der Waals surface area contributed by atoms with Crippen molar-refractivity contribution in [3.05, 3.63) is 65.9 Å². The highest BCUT2D eigenvalue weighted by Gasteiger charge is 2.21. The predicted molar refractivity (Wildman–Crippen MR) is 117 cm³/mol. The van der Waals surface area contributed by atoms with Crippen molar-refractivity contribution < 1.29 is 9.32 Å². The second-order valence-electron chi connectivity index (χ2n) is 7.61. The van der Waals surface area contributed by atoms with Gasteiger partial charge < -0.3 is 14.1 Å². The molecule has 0 spiro atoms. The summed E-state index contributed by atoms with van der Waals surface area (Å²) in [5, 5.41) is 3.92. The lowest BCUT2D eigenvalue weighted by Gasteiger charge is -2.30. The Morgan fingerprint density at radius 1 is 1.10 bits per heavy atom. The van der Waals surface area contributed by atoms with Gasteiger partial charge in [-0.2, -0.15) is 0 Å². The van der Waals surface area contributed by atoms with Gasteiger partial charge in [0, 0.05) is 29.6 Å². The van der Waals surface area contributed by atoms with Crippen molar-refractivity contribution in [2.24, 2.45) is 5.92 Å². The minimum atomic E-state index is 0.137. The van der Waals surface area contributed by atoms with E-state index < -0.39 is 0 Å². The van der Waals surface area contributed by atoms with Crippen molar-refractivity contribution in [3.8, 4) is 11.1 Å². The van der Waals surface area contributed by atoms with Crippen molar-refractivity contribution in [1.82, 2.24) is 10.1 Å². The number of hydrogen-bond donors (Lipinski definition) is 1. The third-order valence-electron chi connectivity index (χ3n) is 5.27. The Kier molecular flexibility index (Phi) is 5.90. The molecule has 0 bridgehead atoms. The van der Waals surface area contributed by atoms with Gasteiger partial charge in [-0.15, -0.1) is 0 Å². The summed E-state index contributed by atoms with van der Waals surface area (Å²) in [6.07, 6.45) is 2.18. The van der Waals surface area contributed by atoms with E-state index in [-0.39, 0.29) is 5.91 Å². The van der Waals surface area contributed by atoms with E-state index in [4.69, 9.17) is 4.52 Å². The topological polar surface area (TPSA) is 58.4 Å². The highest BCUT2D eigenvalue weighted by Crippen LogP contribution is 2.27. The molecule has 5 nitrogen and oxygen atoms in total. The molecule has 2 heterocycles. The van der Waals surface area contributed by atoms with Crippen molar-refractivity contribution in [2.75, 3.05) is 17.8 Å². The van der Waals surface area contributed by atoms with Gasteiger partial charge in [0.05, 0.1) is 0 Å². The highest BCUT2D eigenvalue weighted by atomic mass is 32.2. The molecule has 0 atom stereocenters. The Morgan fingerprint density at radius 2 is 1.86 bits per heavy atom. The zero-order chi connectivity index (χ0) is 20.2. The van der Waals surface area contributed by atoms with E-state index in [1.165, 1.54) is 11.9 Å². The van der Waals surface area contributed by atoms with E-state index in [0.29, 0.717) is 11.7 Å². The van der Waals surface area contributed by atoms with E-state index in [1.807, 2.05) is 42.2 Å². The van der Waals surface area contributed by atoms with Crippen molar-refractivity contribution in [1.29, 1.82) is 0 Å². The summed E-state index contributed by atoms with van der Waals surface area (Å²) in [4.78, 5) is 15.9. The number of amides is 1. The zero-order valence-corrected chi connectivity index (χ0v) is 17.5. The number of anilines is 1. The number of aryl methyl sites for hydroxylation is 1. The van der Waals surface area contributed by atoms with Crippen LogP contribution in [-0.4, -0.2) is 29.1 Å². The van der Waals surface area contributed by atoms with Gasteiger partial charge in [-0.25, -0.2) is 0 Å². The fourth-order valence-corrected chi connectivity index (χ4v) is 4.06. The number of aromatic nitrogens is 1. The van der Waals surface area contributed by atoms with E-state index in [0.717, 1.165) is 53.3 Å². The molecule has 1 N–H and O–H groups in total. The molecule has 150 valence electrons. The molecule has 3 aromatic rings. The lowest BCUT2D eigenvalue weighted by Crippen LogP contribution is -2.37. The Morgan fingerprint density at radius 3 is 2.55 bits per heavy atom. The van der Waals surface area contributed by atoms with E-state index in [1.54, 1.807) is 0 Å². The Hall–Kier alpha value is -2.73. The summed E-state index contributed by atoms with van der Waals surface area (Å²) in [7, 11) is 0. The number of hydrogen-bond acceptors (Lipinski definition) is 5. The average Bonchev–Trinajstić information content (AvgIpc) is 3.18. The van der Waals surface area contributed by atoms with Gasteiger partial charge >= 0.3 is 0 Å². The van der Waals surface area contributed by atoms with Crippen molar-refractivity contribution >= 4 is 23.7 Å². The van der Waals surface area contributed by atoms with E-state index >= 15 is 0 Å². The highest BCUT2D eigenvalue weighted by molar-refractivity contribution is 8.00. The molecule has 29 heavy (non-hydrogen) atoms.